The van der Waals surface area contributed by atoms with E-state index in [4.69, 9.17) is 9.47 Å². The molecule has 7 nitrogen and oxygen atoms in total. The molecule has 0 aliphatic heterocycles. The zero-order valence-electron chi connectivity index (χ0n) is 17.3. The van der Waals surface area contributed by atoms with Crippen molar-refractivity contribution in [3.63, 3.8) is 0 Å². The summed E-state index contributed by atoms with van der Waals surface area (Å²) in [6, 6.07) is 12.9. The Morgan fingerprint density at radius 1 is 1.07 bits per heavy atom. The predicted molar refractivity (Wildman–Crippen MR) is 117 cm³/mol. The SMILES string of the molecule is COc1cc(NC(=O)Cc2csc(-c3ccccc3)n2)c(C(=O)N(C)C)cc1OC. The first-order valence-electron chi connectivity index (χ1n) is 9.20. The van der Waals surface area contributed by atoms with Gasteiger partial charge >= 0.3 is 0 Å². The van der Waals surface area contributed by atoms with Gasteiger partial charge in [-0.25, -0.2) is 4.98 Å². The first kappa shape index (κ1) is 21.3. The topological polar surface area (TPSA) is 80.8 Å². The number of amides is 2. The van der Waals surface area contributed by atoms with E-state index in [2.05, 4.69) is 10.3 Å². The molecule has 0 aliphatic rings. The number of rotatable bonds is 7. The van der Waals surface area contributed by atoms with E-state index in [0.717, 1.165) is 10.6 Å². The van der Waals surface area contributed by atoms with E-state index in [1.54, 1.807) is 26.2 Å². The molecule has 1 aromatic heterocycles. The van der Waals surface area contributed by atoms with Crippen LogP contribution in [0, 0.1) is 0 Å². The predicted octanol–water partition coefficient (Wildman–Crippen LogP) is 3.71. The van der Waals surface area contributed by atoms with E-state index in [1.165, 1.54) is 30.5 Å². The van der Waals surface area contributed by atoms with Gasteiger partial charge in [-0.05, 0) is 6.07 Å². The van der Waals surface area contributed by atoms with E-state index in [0.29, 0.717) is 28.4 Å². The average molecular weight is 426 g/mol. The van der Waals surface area contributed by atoms with Crippen LogP contribution < -0.4 is 14.8 Å². The molecule has 0 unspecified atom stereocenters. The van der Waals surface area contributed by atoms with Crippen molar-refractivity contribution >= 4 is 28.8 Å². The Morgan fingerprint density at radius 2 is 1.73 bits per heavy atom. The van der Waals surface area contributed by atoms with Gasteiger partial charge in [-0.1, -0.05) is 30.3 Å². The molecular formula is C22H23N3O4S. The van der Waals surface area contributed by atoms with Crippen LogP contribution >= 0.6 is 11.3 Å². The summed E-state index contributed by atoms with van der Waals surface area (Å²) in [5, 5.41) is 5.53. The van der Waals surface area contributed by atoms with Crippen LogP contribution in [0.3, 0.4) is 0 Å². The minimum Gasteiger partial charge on any atom is -0.493 e. The number of ether oxygens (including phenoxy) is 2. The molecule has 2 amide bonds. The molecule has 0 aliphatic carbocycles. The fourth-order valence-electron chi connectivity index (χ4n) is 2.86. The molecule has 2 aromatic carbocycles. The summed E-state index contributed by atoms with van der Waals surface area (Å²) < 4.78 is 10.6. The Morgan fingerprint density at radius 3 is 2.37 bits per heavy atom. The highest BCUT2D eigenvalue weighted by atomic mass is 32.1. The number of carbonyl (C=O) groups excluding carboxylic acids is 2. The van der Waals surface area contributed by atoms with Gasteiger partial charge in [0, 0.05) is 31.1 Å². The number of hydrogen-bond acceptors (Lipinski definition) is 6. The van der Waals surface area contributed by atoms with Crippen molar-refractivity contribution in [2.75, 3.05) is 33.6 Å². The van der Waals surface area contributed by atoms with Gasteiger partial charge in [-0.2, -0.15) is 0 Å². The van der Waals surface area contributed by atoms with Gasteiger partial charge in [0.05, 0.1) is 37.6 Å². The number of aromatic nitrogens is 1. The summed E-state index contributed by atoms with van der Waals surface area (Å²) >= 11 is 1.49. The van der Waals surface area contributed by atoms with Crippen molar-refractivity contribution in [1.82, 2.24) is 9.88 Å². The van der Waals surface area contributed by atoms with Gasteiger partial charge in [0.2, 0.25) is 5.91 Å². The average Bonchev–Trinajstić information content (AvgIpc) is 3.21. The first-order valence-corrected chi connectivity index (χ1v) is 10.1. The third-order valence-electron chi connectivity index (χ3n) is 4.35. The molecule has 0 bridgehead atoms. The van der Waals surface area contributed by atoms with Gasteiger partial charge in [-0.3, -0.25) is 9.59 Å². The summed E-state index contributed by atoms with van der Waals surface area (Å²) in [4.78, 5) is 31.3. The molecule has 0 saturated heterocycles. The summed E-state index contributed by atoms with van der Waals surface area (Å²) in [5.41, 5.74) is 2.34. The lowest BCUT2D eigenvalue weighted by molar-refractivity contribution is -0.115. The Bertz CT molecular complexity index is 1050. The molecule has 8 heteroatoms. The van der Waals surface area contributed by atoms with Gasteiger partial charge in [0.25, 0.3) is 5.91 Å². The van der Waals surface area contributed by atoms with Crippen molar-refractivity contribution in [3.05, 3.63) is 59.1 Å². The largest absolute Gasteiger partial charge is 0.493 e. The van der Waals surface area contributed by atoms with Crippen LogP contribution in [0.1, 0.15) is 16.1 Å². The van der Waals surface area contributed by atoms with Gasteiger partial charge in [0.1, 0.15) is 5.01 Å². The third-order valence-corrected chi connectivity index (χ3v) is 5.29. The lowest BCUT2D eigenvalue weighted by Gasteiger charge is -2.17. The molecule has 30 heavy (non-hydrogen) atoms. The molecule has 1 heterocycles. The summed E-state index contributed by atoms with van der Waals surface area (Å²) in [5.74, 6) is 0.294. The van der Waals surface area contributed by atoms with Crippen LogP contribution in [0.2, 0.25) is 0 Å². The van der Waals surface area contributed by atoms with Crippen molar-refractivity contribution in [3.8, 4) is 22.1 Å². The second-order valence-electron chi connectivity index (χ2n) is 6.69. The zero-order valence-corrected chi connectivity index (χ0v) is 18.1. The minimum absolute atomic E-state index is 0.0905. The standard InChI is InChI=1S/C22H23N3O4S/c1-25(2)22(27)16-11-18(28-3)19(29-4)12-17(16)24-20(26)10-15-13-30-21(23-15)14-8-6-5-7-9-14/h5-9,11-13H,10H2,1-4H3,(H,24,26). The van der Waals surface area contributed by atoms with Crippen molar-refractivity contribution in [1.29, 1.82) is 0 Å². The normalized spacial score (nSPS) is 10.4. The van der Waals surface area contributed by atoms with Crippen LogP contribution in [0.15, 0.2) is 47.8 Å². The molecular weight excluding hydrogens is 402 g/mol. The quantitative estimate of drug-likeness (QED) is 0.624. The maximum Gasteiger partial charge on any atom is 0.255 e. The molecule has 0 saturated carbocycles. The Balaban J connectivity index is 1.82. The number of thiazole rings is 1. The van der Waals surface area contributed by atoms with Crippen LogP contribution in [-0.2, 0) is 11.2 Å². The lowest BCUT2D eigenvalue weighted by atomic mass is 10.1. The summed E-state index contributed by atoms with van der Waals surface area (Å²) in [7, 11) is 6.28. The highest BCUT2D eigenvalue weighted by Gasteiger charge is 2.20. The lowest BCUT2D eigenvalue weighted by Crippen LogP contribution is -2.24. The Labute approximate surface area is 179 Å². The van der Waals surface area contributed by atoms with Gasteiger partial charge < -0.3 is 19.7 Å². The number of anilines is 1. The summed E-state index contributed by atoms with van der Waals surface area (Å²) in [6.07, 6.45) is 0.0905. The number of carbonyl (C=O) groups is 2. The summed E-state index contributed by atoms with van der Waals surface area (Å²) in [6.45, 7) is 0. The fraction of sp³-hybridized carbons (Fsp3) is 0.227. The number of methoxy groups -OCH3 is 2. The highest BCUT2D eigenvalue weighted by Crippen LogP contribution is 2.34. The van der Waals surface area contributed by atoms with E-state index < -0.39 is 0 Å². The van der Waals surface area contributed by atoms with E-state index in [1.807, 2.05) is 35.7 Å². The van der Waals surface area contributed by atoms with Gasteiger partial charge in [0.15, 0.2) is 11.5 Å². The molecule has 1 N–H and O–H groups in total. The first-order chi connectivity index (χ1) is 14.4. The second-order valence-corrected chi connectivity index (χ2v) is 7.55. The number of benzene rings is 2. The van der Waals surface area contributed by atoms with Crippen molar-refractivity contribution in [2.45, 2.75) is 6.42 Å². The molecule has 0 radical (unpaired) electrons. The molecule has 0 fully saturated rings. The van der Waals surface area contributed by atoms with Crippen LogP contribution in [0.4, 0.5) is 5.69 Å². The maximum atomic E-state index is 12.7. The van der Waals surface area contributed by atoms with Crippen LogP contribution in [0.25, 0.3) is 10.6 Å². The molecule has 0 spiro atoms. The van der Waals surface area contributed by atoms with Crippen molar-refractivity contribution < 1.29 is 19.1 Å². The number of hydrogen-bond donors (Lipinski definition) is 1. The Kier molecular flexibility index (Phi) is 6.68. The van der Waals surface area contributed by atoms with Crippen molar-refractivity contribution in [2.24, 2.45) is 0 Å². The second kappa shape index (κ2) is 9.41. The molecule has 0 atom stereocenters. The monoisotopic (exact) mass is 425 g/mol. The van der Waals surface area contributed by atoms with Crippen LogP contribution in [-0.4, -0.2) is 50.0 Å². The van der Waals surface area contributed by atoms with E-state index >= 15 is 0 Å². The number of nitrogens with one attached hydrogen (secondary N) is 1. The molecule has 156 valence electrons. The van der Waals surface area contributed by atoms with Gasteiger partial charge in [-0.15, -0.1) is 11.3 Å². The molecule has 3 rings (SSSR count). The maximum absolute atomic E-state index is 12.7. The van der Waals surface area contributed by atoms with E-state index in [-0.39, 0.29) is 18.2 Å². The van der Waals surface area contributed by atoms with E-state index in [9.17, 15) is 9.59 Å². The Hall–Kier alpha value is -3.39. The highest BCUT2D eigenvalue weighted by molar-refractivity contribution is 7.13. The fourth-order valence-corrected chi connectivity index (χ4v) is 3.69. The minimum atomic E-state index is -0.278. The smallest absolute Gasteiger partial charge is 0.255 e. The number of nitrogens with zero attached hydrogens (tertiary/aromatic N) is 2. The zero-order chi connectivity index (χ0) is 21.7. The third kappa shape index (κ3) is 4.77. The van der Waals surface area contributed by atoms with Crippen LogP contribution in [0.5, 0.6) is 11.5 Å². The molecule has 3 aromatic rings.